The summed E-state index contributed by atoms with van der Waals surface area (Å²) in [5.41, 5.74) is 0.821. The molecule has 0 saturated heterocycles. The van der Waals surface area contributed by atoms with Crippen molar-refractivity contribution >= 4 is 39.6 Å². The highest BCUT2D eigenvalue weighted by Crippen LogP contribution is 2.39. The highest BCUT2D eigenvalue weighted by molar-refractivity contribution is 8.17. The zero-order valence-corrected chi connectivity index (χ0v) is 21.0. The Balaban J connectivity index is 1.35. The van der Waals surface area contributed by atoms with Crippen LogP contribution in [-0.4, -0.2) is 22.6 Å². The van der Waals surface area contributed by atoms with Crippen molar-refractivity contribution in [2.24, 2.45) is 0 Å². The van der Waals surface area contributed by atoms with Gasteiger partial charge >= 0.3 is 5.12 Å². The van der Waals surface area contributed by atoms with Crippen molar-refractivity contribution in [2.45, 2.75) is 78.1 Å². The first-order chi connectivity index (χ1) is 15.6. The van der Waals surface area contributed by atoms with E-state index >= 15 is 0 Å². The standard InChI is InChI=1S/C27H34O3S2/c1-3-4-5-6-7-8-9-10-11-12-19-30-24-18-15-21(32-24)14-16-22-26(28)25(27(22)29)23-17-13-20(2)31-23/h13-18H,3-12,19H2,1-2H3/p+1/b21-14-. The monoisotopic (exact) mass is 471 g/mol. The minimum absolute atomic E-state index is 0.0883. The third kappa shape index (κ3) is 7.08. The number of aliphatic hydroxyl groups is 1. The first kappa shape index (κ1) is 24.8. The summed E-state index contributed by atoms with van der Waals surface area (Å²) in [6, 6.07) is 3.85. The number of carbonyl (C=O) groups is 1. The number of thiophene rings is 1. The zero-order chi connectivity index (χ0) is 22.8. The zero-order valence-electron chi connectivity index (χ0n) is 19.3. The van der Waals surface area contributed by atoms with E-state index in [2.05, 4.69) is 6.92 Å². The van der Waals surface area contributed by atoms with Crippen LogP contribution in [0.3, 0.4) is 0 Å². The molecule has 1 aliphatic heterocycles. The van der Waals surface area contributed by atoms with Crippen LogP contribution in [0.25, 0.3) is 5.57 Å². The van der Waals surface area contributed by atoms with Crippen LogP contribution < -0.4 is 0 Å². The lowest BCUT2D eigenvalue weighted by Gasteiger charge is -2.19. The lowest BCUT2D eigenvalue weighted by Crippen LogP contribution is -2.20. The third-order valence-electron chi connectivity index (χ3n) is 5.71. The van der Waals surface area contributed by atoms with E-state index in [1.807, 2.05) is 37.3 Å². The van der Waals surface area contributed by atoms with E-state index < -0.39 is 0 Å². The molecule has 172 valence electrons. The third-order valence-corrected chi connectivity index (χ3v) is 7.69. The number of ketones is 1. The van der Waals surface area contributed by atoms with E-state index in [-0.39, 0.29) is 11.5 Å². The van der Waals surface area contributed by atoms with Gasteiger partial charge in [-0.2, -0.15) is 0 Å². The molecule has 0 atom stereocenters. The van der Waals surface area contributed by atoms with E-state index in [1.165, 1.54) is 69.1 Å². The van der Waals surface area contributed by atoms with Gasteiger partial charge in [0, 0.05) is 32.8 Å². The first-order valence-electron chi connectivity index (χ1n) is 11.9. The van der Waals surface area contributed by atoms with Crippen LogP contribution >= 0.6 is 23.1 Å². The van der Waals surface area contributed by atoms with Gasteiger partial charge in [-0.05, 0) is 43.7 Å². The van der Waals surface area contributed by atoms with Gasteiger partial charge in [0.05, 0.1) is 17.2 Å². The maximum atomic E-state index is 12.4. The molecule has 0 saturated carbocycles. The topological polar surface area (TPSA) is 48.6 Å². The maximum Gasteiger partial charge on any atom is 0.383 e. The van der Waals surface area contributed by atoms with Gasteiger partial charge in [0.25, 0.3) is 6.61 Å². The molecule has 3 nitrogen and oxygen atoms in total. The summed E-state index contributed by atoms with van der Waals surface area (Å²) < 4.78 is 5.88. The molecule has 0 fully saturated rings. The van der Waals surface area contributed by atoms with Crippen molar-refractivity contribution in [1.82, 2.24) is 0 Å². The molecular weight excluding hydrogens is 436 g/mol. The van der Waals surface area contributed by atoms with E-state index in [4.69, 9.17) is 4.42 Å². The van der Waals surface area contributed by atoms with Gasteiger partial charge in [0.1, 0.15) is 5.76 Å². The molecule has 0 spiro atoms. The SMILES string of the molecule is CCCCCCCCCCCC[O+]=C1C=C/C(=C/C=C2/C(=O)C(c3ccc(C)s3)=C2O)S1. The minimum Gasteiger partial charge on any atom is -0.506 e. The summed E-state index contributed by atoms with van der Waals surface area (Å²) in [6.07, 6.45) is 20.7. The Morgan fingerprint density at radius 2 is 1.62 bits per heavy atom. The number of unbranched alkanes of at least 4 members (excludes halogenated alkanes) is 9. The second kappa shape index (κ2) is 13.0. The van der Waals surface area contributed by atoms with Crippen molar-refractivity contribution in [2.75, 3.05) is 6.61 Å². The average molecular weight is 472 g/mol. The lowest BCUT2D eigenvalue weighted by atomic mass is 9.87. The van der Waals surface area contributed by atoms with Gasteiger partial charge in [-0.25, -0.2) is 4.42 Å². The highest BCUT2D eigenvalue weighted by Gasteiger charge is 2.35. The first-order valence-corrected chi connectivity index (χ1v) is 13.6. The van der Waals surface area contributed by atoms with E-state index in [0.29, 0.717) is 11.1 Å². The molecule has 2 aliphatic rings. The summed E-state index contributed by atoms with van der Waals surface area (Å²) >= 11 is 3.09. The van der Waals surface area contributed by atoms with Gasteiger partial charge in [-0.1, -0.05) is 58.3 Å². The molecule has 1 aromatic rings. The van der Waals surface area contributed by atoms with Crippen molar-refractivity contribution in [3.8, 4) is 0 Å². The second-order valence-electron chi connectivity index (χ2n) is 8.40. The Bertz CT molecular complexity index is 944. The van der Waals surface area contributed by atoms with Crippen molar-refractivity contribution in [1.29, 1.82) is 0 Å². The number of aliphatic hydroxyl groups excluding tert-OH is 1. The number of allylic oxidation sites excluding steroid dienone is 5. The summed E-state index contributed by atoms with van der Waals surface area (Å²) in [7, 11) is 0. The number of carbonyl (C=O) groups excluding carboxylic acids is 2. The van der Waals surface area contributed by atoms with Gasteiger partial charge in [0.15, 0.2) is 0 Å². The lowest BCUT2D eigenvalue weighted by molar-refractivity contribution is -0.453. The molecule has 1 N–H and O–H groups in total. The molecule has 0 aromatic carbocycles. The number of thioether (sulfide) groups is 1. The van der Waals surface area contributed by atoms with Gasteiger partial charge in [0.2, 0.25) is 5.78 Å². The molecular formula is C27H35O3S2+. The second-order valence-corrected chi connectivity index (χ2v) is 10.8. The summed E-state index contributed by atoms with van der Waals surface area (Å²) in [4.78, 5) is 15.4. The molecule has 0 unspecified atom stereocenters. The molecule has 1 aliphatic carbocycles. The van der Waals surface area contributed by atoms with Gasteiger partial charge < -0.3 is 5.11 Å². The van der Waals surface area contributed by atoms with Crippen molar-refractivity contribution < 1.29 is 14.3 Å². The quantitative estimate of drug-likeness (QED) is 0.180. The van der Waals surface area contributed by atoms with Gasteiger partial charge in [-0.3, -0.25) is 4.79 Å². The fourth-order valence-corrected chi connectivity index (χ4v) is 5.50. The Hall–Kier alpha value is -1.85. The largest absolute Gasteiger partial charge is 0.506 e. The predicted molar refractivity (Wildman–Crippen MR) is 138 cm³/mol. The van der Waals surface area contributed by atoms with Crippen LogP contribution in [0.5, 0.6) is 0 Å². The number of hydrogen-bond acceptors (Lipinski definition) is 4. The number of hydrogen-bond donors (Lipinski definition) is 1. The van der Waals surface area contributed by atoms with Crippen LogP contribution in [0.15, 0.2) is 52.7 Å². The van der Waals surface area contributed by atoms with Crippen molar-refractivity contribution in [3.05, 3.63) is 62.4 Å². The van der Waals surface area contributed by atoms with E-state index in [1.54, 1.807) is 17.8 Å². The summed E-state index contributed by atoms with van der Waals surface area (Å²) in [5, 5.41) is 11.2. The van der Waals surface area contributed by atoms with E-state index in [0.717, 1.165) is 32.8 Å². The Morgan fingerprint density at radius 1 is 0.938 bits per heavy atom. The summed E-state index contributed by atoms with van der Waals surface area (Å²) in [5.74, 6) is 0.0108. The number of rotatable bonds is 13. The normalized spacial score (nSPS) is 19.7. The van der Waals surface area contributed by atoms with Crippen molar-refractivity contribution in [3.63, 3.8) is 0 Å². The molecule has 5 heteroatoms. The highest BCUT2D eigenvalue weighted by atomic mass is 32.2. The molecule has 1 aromatic heterocycles. The molecule has 2 heterocycles. The van der Waals surface area contributed by atoms with Gasteiger partial charge in [-0.15, -0.1) is 11.3 Å². The maximum absolute atomic E-state index is 12.4. The van der Waals surface area contributed by atoms with Crippen LogP contribution in [0.4, 0.5) is 0 Å². The van der Waals surface area contributed by atoms with E-state index in [9.17, 15) is 9.90 Å². The van der Waals surface area contributed by atoms with Crippen LogP contribution in [0.1, 0.15) is 80.9 Å². The Kier molecular flexibility index (Phi) is 10.1. The number of aryl methyl sites for hydroxylation is 1. The van der Waals surface area contributed by atoms with Crippen LogP contribution in [0.2, 0.25) is 0 Å². The molecule has 0 amide bonds. The fourth-order valence-electron chi connectivity index (χ4n) is 3.80. The Morgan fingerprint density at radius 3 is 2.25 bits per heavy atom. The molecule has 0 radical (unpaired) electrons. The van der Waals surface area contributed by atoms with Crippen LogP contribution in [0, 0.1) is 6.92 Å². The molecule has 32 heavy (non-hydrogen) atoms. The molecule has 3 rings (SSSR count). The minimum atomic E-state index is -0.0883. The predicted octanol–water partition coefficient (Wildman–Crippen LogP) is 8.00. The van der Waals surface area contributed by atoms with Crippen LogP contribution in [-0.2, 0) is 9.22 Å². The fraction of sp³-hybridized carbons (Fsp3) is 0.481. The average Bonchev–Trinajstić information content (AvgIpc) is 3.41. The molecule has 0 bridgehead atoms. The number of Topliss-reactive ketones (excluding diaryl/α,β-unsaturated/α-hetero) is 1. The Labute approximate surface area is 200 Å². The smallest absolute Gasteiger partial charge is 0.383 e. The summed E-state index contributed by atoms with van der Waals surface area (Å²) in [6.45, 7) is 5.01.